The minimum atomic E-state index is -0.355. The van der Waals surface area contributed by atoms with Gasteiger partial charge >= 0.3 is 0 Å². The van der Waals surface area contributed by atoms with Crippen molar-refractivity contribution >= 4 is 0 Å². The van der Waals surface area contributed by atoms with E-state index in [-0.39, 0.29) is 5.60 Å². The van der Waals surface area contributed by atoms with E-state index in [4.69, 9.17) is 0 Å². The van der Waals surface area contributed by atoms with Crippen molar-refractivity contribution in [3.05, 3.63) is 0 Å². The summed E-state index contributed by atoms with van der Waals surface area (Å²) in [4.78, 5) is 0. The first kappa shape index (κ1) is 11.0. The summed E-state index contributed by atoms with van der Waals surface area (Å²) in [5.74, 6) is 0.744. The zero-order chi connectivity index (χ0) is 9.73. The Balaban J connectivity index is 1.99. The third-order valence-electron chi connectivity index (χ3n) is 3.01. The summed E-state index contributed by atoms with van der Waals surface area (Å²) in [5.41, 5.74) is -0.355. The Morgan fingerprint density at radius 3 is 2.62 bits per heavy atom. The SMILES string of the molecule is CCCC(C)CNCC1(O)CCC1. The average Bonchev–Trinajstić information content (AvgIpc) is 2.02. The molecular formula is C11H23NO. The second kappa shape index (κ2) is 4.97. The molecule has 1 atom stereocenters. The number of nitrogens with one attached hydrogen (secondary N) is 1. The van der Waals surface area contributed by atoms with E-state index in [1.807, 2.05) is 0 Å². The van der Waals surface area contributed by atoms with Gasteiger partial charge in [0.05, 0.1) is 5.60 Å². The van der Waals surface area contributed by atoms with Crippen LogP contribution in [0.1, 0.15) is 46.0 Å². The molecule has 0 spiro atoms. The first-order chi connectivity index (χ1) is 6.16. The van der Waals surface area contributed by atoms with Crippen LogP contribution >= 0.6 is 0 Å². The largest absolute Gasteiger partial charge is 0.389 e. The molecule has 0 saturated heterocycles. The molecule has 0 heterocycles. The molecule has 0 radical (unpaired) electrons. The lowest BCUT2D eigenvalue weighted by Crippen LogP contribution is -2.47. The minimum absolute atomic E-state index is 0.355. The molecule has 0 aromatic rings. The fourth-order valence-corrected chi connectivity index (χ4v) is 1.91. The van der Waals surface area contributed by atoms with Gasteiger partial charge in [-0.15, -0.1) is 0 Å². The van der Waals surface area contributed by atoms with Crippen LogP contribution in [-0.4, -0.2) is 23.8 Å². The van der Waals surface area contributed by atoms with Gasteiger partial charge < -0.3 is 10.4 Å². The van der Waals surface area contributed by atoms with Crippen molar-refractivity contribution in [2.75, 3.05) is 13.1 Å². The van der Waals surface area contributed by atoms with Crippen molar-refractivity contribution in [2.45, 2.75) is 51.6 Å². The maximum absolute atomic E-state index is 9.79. The Labute approximate surface area is 81.7 Å². The molecule has 2 nitrogen and oxygen atoms in total. The monoisotopic (exact) mass is 185 g/mol. The summed E-state index contributed by atoms with van der Waals surface area (Å²) >= 11 is 0. The zero-order valence-electron chi connectivity index (χ0n) is 8.97. The predicted molar refractivity (Wildman–Crippen MR) is 55.7 cm³/mol. The molecule has 1 fully saturated rings. The molecule has 0 aromatic heterocycles. The molecule has 0 aliphatic heterocycles. The van der Waals surface area contributed by atoms with Crippen LogP contribution in [0, 0.1) is 5.92 Å². The molecule has 2 heteroatoms. The van der Waals surface area contributed by atoms with Crippen LogP contribution in [0.25, 0.3) is 0 Å². The molecule has 1 aliphatic rings. The summed E-state index contributed by atoms with van der Waals surface area (Å²) < 4.78 is 0. The molecule has 1 saturated carbocycles. The number of aliphatic hydroxyl groups is 1. The van der Waals surface area contributed by atoms with Crippen LogP contribution < -0.4 is 5.32 Å². The van der Waals surface area contributed by atoms with Crippen molar-refractivity contribution in [3.8, 4) is 0 Å². The van der Waals surface area contributed by atoms with Gasteiger partial charge in [-0.3, -0.25) is 0 Å². The Hall–Kier alpha value is -0.0800. The third-order valence-corrected chi connectivity index (χ3v) is 3.01. The van der Waals surface area contributed by atoms with Crippen molar-refractivity contribution in [3.63, 3.8) is 0 Å². The van der Waals surface area contributed by atoms with Gasteiger partial charge in [0, 0.05) is 6.54 Å². The maximum atomic E-state index is 9.79. The van der Waals surface area contributed by atoms with Crippen molar-refractivity contribution in [2.24, 2.45) is 5.92 Å². The van der Waals surface area contributed by atoms with Crippen molar-refractivity contribution in [1.29, 1.82) is 0 Å². The van der Waals surface area contributed by atoms with E-state index >= 15 is 0 Å². The van der Waals surface area contributed by atoms with E-state index in [1.54, 1.807) is 0 Å². The quantitative estimate of drug-likeness (QED) is 0.662. The van der Waals surface area contributed by atoms with Crippen molar-refractivity contribution in [1.82, 2.24) is 5.32 Å². The van der Waals surface area contributed by atoms with Gasteiger partial charge in [-0.25, -0.2) is 0 Å². The zero-order valence-corrected chi connectivity index (χ0v) is 8.97. The number of hydrogen-bond acceptors (Lipinski definition) is 2. The Morgan fingerprint density at radius 2 is 2.15 bits per heavy atom. The van der Waals surface area contributed by atoms with E-state index in [1.165, 1.54) is 19.3 Å². The molecule has 2 N–H and O–H groups in total. The van der Waals surface area contributed by atoms with Gasteiger partial charge in [0.1, 0.15) is 0 Å². The highest BCUT2D eigenvalue weighted by molar-refractivity contribution is 4.89. The smallest absolute Gasteiger partial charge is 0.0771 e. The summed E-state index contributed by atoms with van der Waals surface area (Å²) in [6.45, 7) is 6.33. The van der Waals surface area contributed by atoms with E-state index in [0.29, 0.717) is 0 Å². The first-order valence-corrected chi connectivity index (χ1v) is 5.59. The normalized spacial score (nSPS) is 22.4. The maximum Gasteiger partial charge on any atom is 0.0771 e. The van der Waals surface area contributed by atoms with Crippen LogP contribution in [0.15, 0.2) is 0 Å². The molecule has 78 valence electrons. The van der Waals surface area contributed by atoms with E-state index in [9.17, 15) is 5.11 Å². The van der Waals surface area contributed by atoms with Crippen LogP contribution in [0.2, 0.25) is 0 Å². The first-order valence-electron chi connectivity index (χ1n) is 5.59. The molecule has 0 bridgehead atoms. The topological polar surface area (TPSA) is 32.3 Å². The highest BCUT2D eigenvalue weighted by Crippen LogP contribution is 2.30. The van der Waals surface area contributed by atoms with Crippen molar-refractivity contribution < 1.29 is 5.11 Å². The number of rotatable bonds is 6. The molecule has 13 heavy (non-hydrogen) atoms. The highest BCUT2D eigenvalue weighted by atomic mass is 16.3. The summed E-state index contributed by atoms with van der Waals surface area (Å²) in [6.07, 6.45) is 5.71. The summed E-state index contributed by atoms with van der Waals surface area (Å²) in [6, 6.07) is 0. The highest BCUT2D eigenvalue weighted by Gasteiger charge is 2.33. The van der Waals surface area contributed by atoms with Gasteiger partial charge in [0.15, 0.2) is 0 Å². The van der Waals surface area contributed by atoms with Gasteiger partial charge in [0.2, 0.25) is 0 Å². The van der Waals surface area contributed by atoms with Gasteiger partial charge in [-0.05, 0) is 38.1 Å². The van der Waals surface area contributed by atoms with Crippen LogP contribution in [0.5, 0.6) is 0 Å². The second-order valence-corrected chi connectivity index (χ2v) is 4.60. The molecule has 0 amide bonds. The average molecular weight is 185 g/mol. The molecule has 1 unspecified atom stereocenters. The Kier molecular flexibility index (Phi) is 4.20. The molecule has 0 aromatic carbocycles. The Bertz CT molecular complexity index is 143. The van der Waals surface area contributed by atoms with Gasteiger partial charge in [-0.2, -0.15) is 0 Å². The summed E-state index contributed by atoms with van der Waals surface area (Å²) in [5, 5.41) is 13.2. The lowest BCUT2D eigenvalue weighted by Gasteiger charge is -2.37. The fraction of sp³-hybridized carbons (Fsp3) is 1.00. The molecule has 1 rings (SSSR count). The van der Waals surface area contributed by atoms with E-state index in [0.717, 1.165) is 31.8 Å². The minimum Gasteiger partial charge on any atom is -0.389 e. The lowest BCUT2D eigenvalue weighted by atomic mass is 9.80. The predicted octanol–water partition coefficient (Wildman–Crippen LogP) is 1.93. The van der Waals surface area contributed by atoms with E-state index < -0.39 is 0 Å². The number of hydrogen-bond donors (Lipinski definition) is 2. The summed E-state index contributed by atoms with van der Waals surface area (Å²) in [7, 11) is 0. The lowest BCUT2D eigenvalue weighted by molar-refractivity contribution is -0.0316. The van der Waals surface area contributed by atoms with Crippen LogP contribution in [-0.2, 0) is 0 Å². The second-order valence-electron chi connectivity index (χ2n) is 4.60. The standard InChI is InChI=1S/C11H23NO/c1-3-5-10(2)8-12-9-11(13)6-4-7-11/h10,12-13H,3-9H2,1-2H3. The Morgan fingerprint density at radius 1 is 1.46 bits per heavy atom. The fourth-order valence-electron chi connectivity index (χ4n) is 1.91. The van der Waals surface area contributed by atoms with Gasteiger partial charge in [-0.1, -0.05) is 20.3 Å². The third kappa shape index (κ3) is 3.65. The molecular weight excluding hydrogens is 162 g/mol. The van der Waals surface area contributed by atoms with E-state index in [2.05, 4.69) is 19.2 Å². The van der Waals surface area contributed by atoms with Crippen LogP contribution in [0.4, 0.5) is 0 Å². The van der Waals surface area contributed by atoms with Gasteiger partial charge in [0.25, 0.3) is 0 Å². The molecule has 1 aliphatic carbocycles. The van der Waals surface area contributed by atoms with Crippen LogP contribution in [0.3, 0.4) is 0 Å².